The predicted molar refractivity (Wildman–Crippen MR) is 57.1 cm³/mol. The Bertz CT molecular complexity index is 207. The molecule has 1 atom stereocenters. The highest BCUT2D eigenvalue weighted by Crippen LogP contribution is 2.11. The van der Waals surface area contributed by atoms with Gasteiger partial charge in [-0.1, -0.05) is 0 Å². The van der Waals surface area contributed by atoms with Gasteiger partial charge in [0.15, 0.2) is 0 Å². The van der Waals surface area contributed by atoms with E-state index in [1.54, 1.807) is 27.2 Å². The van der Waals surface area contributed by atoms with Gasteiger partial charge in [0.25, 0.3) is 0 Å². The van der Waals surface area contributed by atoms with Crippen molar-refractivity contribution in [3.05, 3.63) is 11.9 Å². The second kappa shape index (κ2) is 7.50. The SMILES string of the molecule is CCOC(=O)CC(Cl)/C(=C/NC)NC. The maximum atomic E-state index is 11.1. The van der Waals surface area contributed by atoms with Gasteiger partial charge in [-0.25, -0.2) is 0 Å². The number of carbonyl (C=O) groups excluding carboxylic acids is 1. The molecule has 5 heteroatoms. The average molecular weight is 221 g/mol. The molecule has 4 nitrogen and oxygen atoms in total. The number of hydrogen-bond donors (Lipinski definition) is 2. The molecule has 0 radical (unpaired) electrons. The first-order valence-electron chi connectivity index (χ1n) is 4.50. The fraction of sp³-hybridized carbons (Fsp3) is 0.667. The standard InChI is InChI=1S/C9H17ClN2O2/c1-4-14-9(13)5-7(10)8(12-3)6-11-2/h6-7,11-12H,4-5H2,1-3H3/b8-6-. The molecule has 0 aliphatic rings. The minimum Gasteiger partial charge on any atom is -0.466 e. The molecule has 0 fully saturated rings. The normalized spacial score (nSPS) is 13.3. The molecule has 0 aliphatic carbocycles. The second-order valence-corrected chi connectivity index (χ2v) is 3.14. The molecule has 2 N–H and O–H groups in total. The smallest absolute Gasteiger partial charge is 0.307 e. The number of halogens is 1. The Morgan fingerprint density at radius 2 is 2.21 bits per heavy atom. The lowest BCUT2D eigenvalue weighted by Gasteiger charge is -2.12. The van der Waals surface area contributed by atoms with Gasteiger partial charge in [-0.05, 0) is 6.92 Å². The minimum atomic E-state index is -0.383. The molecule has 0 aromatic rings. The van der Waals surface area contributed by atoms with Gasteiger partial charge in [0.05, 0.1) is 18.4 Å². The maximum Gasteiger partial charge on any atom is 0.307 e. The van der Waals surface area contributed by atoms with Crippen molar-refractivity contribution < 1.29 is 9.53 Å². The molecular weight excluding hydrogens is 204 g/mol. The van der Waals surface area contributed by atoms with Crippen LogP contribution in [-0.2, 0) is 9.53 Å². The van der Waals surface area contributed by atoms with Crippen molar-refractivity contribution in [2.24, 2.45) is 0 Å². The van der Waals surface area contributed by atoms with Crippen LogP contribution < -0.4 is 10.6 Å². The van der Waals surface area contributed by atoms with Crippen molar-refractivity contribution in [3.63, 3.8) is 0 Å². The summed E-state index contributed by atoms with van der Waals surface area (Å²) in [6, 6.07) is 0. The zero-order valence-electron chi connectivity index (χ0n) is 8.76. The fourth-order valence-electron chi connectivity index (χ4n) is 0.951. The second-order valence-electron chi connectivity index (χ2n) is 2.62. The van der Waals surface area contributed by atoms with E-state index >= 15 is 0 Å². The van der Waals surface area contributed by atoms with Crippen LogP contribution in [-0.4, -0.2) is 32.0 Å². The van der Waals surface area contributed by atoms with Crippen LogP contribution in [0.15, 0.2) is 11.9 Å². The van der Waals surface area contributed by atoms with E-state index in [0.717, 1.165) is 5.70 Å². The number of allylic oxidation sites excluding steroid dienone is 1. The minimum absolute atomic E-state index is 0.170. The van der Waals surface area contributed by atoms with Crippen LogP contribution in [0.25, 0.3) is 0 Å². The Hall–Kier alpha value is -0.900. The molecule has 0 bridgehead atoms. The van der Waals surface area contributed by atoms with Gasteiger partial charge in [0.2, 0.25) is 0 Å². The van der Waals surface area contributed by atoms with Crippen molar-refractivity contribution in [1.82, 2.24) is 10.6 Å². The molecule has 0 heterocycles. The summed E-state index contributed by atoms with van der Waals surface area (Å²) in [5.74, 6) is -0.287. The lowest BCUT2D eigenvalue weighted by molar-refractivity contribution is -0.142. The number of carbonyl (C=O) groups is 1. The summed E-state index contributed by atoms with van der Waals surface area (Å²) in [6.07, 6.45) is 1.89. The third kappa shape index (κ3) is 4.97. The van der Waals surface area contributed by atoms with E-state index in [4.69, 9.17) is 16.3 Å². The molecule has 14 heavy (non-hydrogen) atoms. The number of rotatable bonds is 6. The largest absolute Gasteiger partial charge is 0.466 e. The van der Waals surface area contributed by atoms with Crippen LogP contribution in [0.5, 0.6) is 0 Å². The Morgan fingerprint density at radius 3 is 2.64 bits per heavy atom. The van der Waals surface area contributed by atoms with Crippen molar-refractivity contribution in [1.29, 1.82) is 0 Å². The lowest BCUT2D eigenvalue weighted by atomic mass is 10.2. The van der Waals surface area contributed by atoms with Crippen LogP contribution >= 0.6 is 11.6 Å². The van der Waals surface area contributed by atoms with Crippen LogP contribution in [0, 0.1) is 0 Å². The van der Waals surface area contributed by atoms with Gasteiger partial charge in [-0.2, -0.15) is 0 Å². The molecule has 0 spiro atoms. The Kier molecular flexibility index (Phi) is 7.02. The molecule has 0 rings (SSSR count). The number of ether oxygens (including phenoxy) is 1. The Balaban J connectivity index is 4.10. The molecule has 1 unspecified atom stereocenters. The van der Waals surface area contributed by atoms with Crippen molar-refractivity contribution in [3.8, 4) is 0 Å². The lowest BCUT2D eigenvalue weighted by Crippen LogP contribution is -2.22. The first kappa shape index (κ1) is 13.1. The molecule has 0 aromatic carbocycles. The number of esters is 1. The molecule has 82 valence electrons. The number of hydrogen-bond acceptors (Lipinski definition) is 4. The maximum absolute atomic E-state index is 11.1. The Labute approximate surface area is 89.6 Å². The highest BCUT2D eigenvalue weighted by atomic mass is 35.5. The highest BCUT2D eigenvalue weighted by Gasteiger charge is 2.15. The van der Waals surface area contributed by atoms with Crippen LogP contribution in [0.2, 0.25) is 0 Å². The third-order valence-corrected chi connectivity index (χ3v) is 1.97. The van der Waals surface area contributed by atoms with E-state index in [1.165, 1.54) is 0 Å². The zero-order valence-corrected chi connectivity index (χ0v) is 9.52. The van der Waals surface area contributed by atoms with E-state index < -0.39 is 0 Å². The van der Waals surface area contributed by atoms with Gasteiger partial charge in [0, 0.05) is 26.0 Å². The summed E-state index contributed by atoms with van der Waals surface area (Å²) in [5.41, 5.74) is 0.766. The van der Waals surface area contributed by atoms with Gasteiger partial charge >= 0.3 is 5.97 Å². The van der Waals surface area contributed by atoms with E-state index in [1.807, 2.05) is 0 Å². The highest BCUT2D eigenvalue weighted by molar-refractivity contribution is 6.23. The quantitative estimate of drug-likeness (QED) is 0.514. The molecule has 0 saturated carbocycles. The van der Waals surface area contributed by atoms with E-state index in [-0.39, 0.29) is 17.8 Å². The summed E-state index contributed by atoms with van der Waals surface area (Å²) in [5, 5.41) is 5.37. The average Bonchev–Trinajstić information content (AvgIpc) is 2.14. The van der Waals surface area contributed by atoms with Gasteiger partial charge < -0.3 is 15.4 Å². The fourth-order valence-corrected chi connectivity index (χ4v) is 1.25. The van der Waals surface area contributed by atoms with E-state index in [2.05, 4.69) is 10.6 Å². The summed E-state index contributed by atoms with van der Waals surface area (Å²) in [7, 11) is 3.52. The predicted octanol–water partition coefficient (Wildman–Crippen LogP) is 0.827. The van der Waals surface area contributed by atoms with Crippen LogP contribution in [0.1, 0.15) is 13.3 Å². The summed E-state index contributed by atoms with van der Waals surface area (Å²) >= 11 is 5.98. The molecule has 0 aromatic heterocycles. The third-order valence-electron chi connectivity index (χ3n) is 1.58. The zero-order chi connectivity index (χ0) is 11.0. The van der Waals surface area contributed by atoms with Gasteiger partial charge in [0.1, 0.15) is 0 Å². The van der Waals surface area contributed by atoms with E-state index in [9.17, 15) is 4.79 Å². The summed E-state index contributed by atoms with van der Waals surface area (Å²) in [4.78, 5) is 11.1. The van der Waals surface area contributed by atoms with E-state index in [0.29, 0.717) is 6.61 Å². The number of alkyl halides is 1. The van der Waals surface area contributed by atoms with Crippen molar-refractivity contribution >= 4 is 17.6 Å². The summed E-state index contributed by atoms with van der Waals surface area (Å²) in [6.45, 7) is 2.15. The molecule has 0 saturated heterocycles. The molecule has 0 amide bonds. The topological polar surface area (TPSA) is 50.4 Å². The molecular formula is C9H17ClN2O2. The monoisotopic (exact) mass is 220 g/mol. The van der Waals surface area contributed by atoms with Crippen molar-refractivity contribution in [2.75, 3.05) is 20.7 Å². The van der Waals surface area contributed by atoms with Gasteiger partial charge in [-0.15, -0.1) is 11.6 Å². The Morgan fingerprint density at radius 1 is 1.57 bits per heavy atom. The van der Waals surface area contributed by atoms with Crippen molar-refractivity contribution in [2.45, 2.75) is 18.7 Å². The first-order valence-corrected chi connectivity index (χ1v) is 4.94. The van der Waals surface area contributed by atoms with Crippen LogP contribution in [0.4, 0.5) is 0 Å². The van der Waals surface area contributed by atoms with Gasteiger partial charge in [-0.3, -0.25) is 4.79 Å². The number of nitrogens with one attached hydrogen (secondary N) is 2. The molecule has 0 aliphatic heterocycles. The first-order chi connectivity index (χ1) is 6.65. The summed E-state index contributed by atoms with van der Waals surface area (Å²) < 4.78 is 4.79. The van der Waals surface area contributed by atoms with Crippen LogP contribution in [0.3, 0.4) is 0 Å².